The van der Waals surface area contributed by atoms with E-state index in [0.29, 0.717) is 5.57 Å². The Morgan fingerprint density at radius 2 is 1.88 bits per heavy atom. The minimum atomic E-state index is -0.589. The number of nitriles is 2. The number of esters is 1. The van der Waals surface area contributed by atoms with E-state index >= 15 is 0 Å². The molecule has 4 heteroatoms. The summed E-state index contributed by atoms with van der Waals surface area (Å²) in [4.78, 5) is 11.5. The SMILES string of the molecule is C=C(C)COC(=O)C(C)C(C)=C(C#N)C#N. The van der Waals surface area contributed by atoms with Crippen molar-refractivity contribution in [2.24, 2.45) is 5.92 Å². The molecule has 0 saturated heterocycles. The summed E-state index contributed by atoms with van der Waals surface area (Å²) < 4.78 is 4.93. The van der Waals surface area contributed by atoms with E-state index in [9.17, 15) is 4.79 Å². The first-order chi connectivity index (χ1) is 7.43. The van der Waals surface area contributed by atoms with Gasteiger partial charge in [0.05, 0.1) is 5.92 Å². The van der Waals surface area contributed by atoms with Gasteiger partial charge in [0.15, 0.2) is 0 Å². The molecule has 0 aliphatic carbocycles. The van der Waals surface area contributed by atoms with Crippen molar-refractivity contribution in [2.75, 3.05) is 6.61 Å². The number of hydrogen-bond donors (Lipinski definition) is 0. The lowest BCUT2D eigenvalue weighted by Gasteiger charge is -2.11. The topological polar surface area (TPSA) is 73.9 Å². The maximum atomic E-state index is 11.5. The molecular weight excluding hydrogens is 204 g/mol. The van der Waals surface area contributed by atoms with Gasteiger partial charge in [-0.05, 0) is 31.9 Å². The van der Waals surface area contributed by atoms with Gasteiger partial charge in [0.2, 0.25) is 0 Å². The van der Waals surface area contributed by atoms with Gasteiger partial charge in [-0.15, -0.1) is 0 Å². The van der Waals surface area contributed by atoms with Crippen molar-refractivity contribution in [2.45, 2.75) is 20.8 Å². The van der Waals surface area contributed by atoms with E-state index < -0.39 is 11.9 Å². The highest BCUT2D eigenvalue weighted by Crippen LogP contribution is 2.16. The molecule has 0 saturated carbocycles. The van der Waals surface area contributed by atoms with Crippen molar-refractivity contribution in [3.8, 4) is 12.1 Å². The molecule has 0 aromatic rings. The van der Waals surface area contributed by atoms with Crippen LogP contribution in [0.4, 0.5) is 0 Å². The second kappa shape index (κ2) is 6.42. The summed E-state index contributed by atoms with van der Waals surface area (Å²) >= 11 is 0. The highest BCUT2D eigenvalue weighted by atomic mass is 16.5. The summed E-state index contributed by atoms with van der Waals surface area (Å²) in [5, 5.41) is 17.3. The molecule has 0 rings (SSSR count). The van der Waals surface area contributed by atoms with Crippen LogP contribution in [0.5, 0.6) is 0 Å². The molecule has 0 aliphatic heterocycles. The number of ether oxygens (including phenoxy) is 1. The highest BCUT2D eigenvalue weighted by Gasteiger charge is 2.19. The van der Waals surface area contributed by atoms with Crippen molar-refractivity contribution >= 4 is 5.97 Å². The van der Waals surface area contributed by atoms with Crippen molar-refractivity contribution in [3.05, 3.63) is 23.3 Å². The fourth-order valence-corrected chi connectivity index (χ4v) is 0.914. The van der Waals surface area contributed by atoms with Gasteiger partial charge in [-0.25, -0.2) is 0 Å². The molecule has 84 valence electrons. The maximum absolute atomic E-state index is 11.5. The third kappa shape index (κ3) is 3.98. The Kier molecular flexibility index (Phi) is 5.59. The molecule has 0 bridgehead atoms. The van der Waals surface area contributed by atoms with Gasteiger partial charge in [-0.1, -0.05) is 6.58 Å². The molecular formula is C12H14N2O2. The van der Waals surface area contributed by atoms with Gasteiger partial charge in [-0.2, -0.15) is 10.5 Å². The number of carbonyl (C=O) groups excluding carboxylic acids is 1. The van der Waals surface area contributed by atoms with Crippen molar-refractivity contribution < 1.29 is 9.53 Å². The van der Waals surface area contributed by atoms with Gasteiger partial charge < -0.3 is 4.74 Å². The summed E-state index contributed by atoms with van der Waals surface area (Å²) in [6.07, 6.45) is 0. The minimum Gasteiger partial charge on any atom is -0.461 e. The van der Waals surface area contributed by atoms with Crippen LogP contribution in [0.25, 0.3) is 0 Å². The Bertz CT molecular complexity index is 392. The lowest BCUT2D eigenvalue weighted by molar-refractivity contribution is -0.145. The van der Waals surface area contributed by atoms with Crippen LogP contribution < -0.4 is 0 Å². The van der Waals surface area contributed by atoms with Gasteiger partial charge in [0.25, 0.3) is 0 Å². The van der Waals surface area contributed by atoms with E-state index in [0.717, 1.165) is 5.57 Å². The molecule has 0 aromatic heterocycles. The average Bonchev–Trinajstić information content (AvgIpc) is 2.26. The largest absolute Gasteiger partial charge is 0.461 e. The van der Waals surface area contributed by atoms with E-state index in [1.807, 2.05) is 0 Å². The molecule has 1 atom stereocenters. The van der Waals surface area contributed by atoms with Crippen LogP contribution in [-0.4, -0.2) is 12.6 Å². The predicted octanol–water partition coefficient (Wildman–Crippen LogP) is 2.11. The fourth-order valence-electron chi connectivity index (χ4n) is 0.914. The first-order valence-electron chi connectivity index (χ1n) is 4.76. The zero-order chi connectivity index (χ0) is 12.7. The number of carbonyl (C=O) groups is 1. The van der Waals surface area contributed by atoms with E-state index in [1.54, 1.807) is 32.9 Å². The summed E-state index contributed by atoms with van der Waals surface area (Å²) in [5.74, 6) is -1.04. The first kappa shape index (κ1) is 13.9. The van der Waals surface area contributed by atoms with Gasteiger partial charge in [-0.3, -0.25) is 4.79 Å². The van der Waals surface area contributed by atoms with Crippen LogP contribution in [0.3, 0.4) is 0 Å². The molecule has 0 aliphatic rings. The van der Waals surface area contributed by atoms with Crippen molar-refractivity contribution in [3.63, 3.8) is 0 Å². The summed E-state index contributed by atoms with van der Waals surface area (Å²) in [5.41, 5.74) is 1.12. The van der Waals surface area contributed by atoms with Crippen LogP contribution in [0, 0.1) is 28.6 Å². The van der Waals surface area contributed by atoms with Crippen LogP contribution in [0.15, 0.2) is 23.3 Å². The number of allylic oxidation sites excluding steroid dienone is 1. The molecule has 0 N–H and O–H groups in total. The molecule has 0 fully saturated rings. The lowest BCUT2D eigenvalue weighted by Crippen LogP contribution is -2.17. The number of hydrogen-bond acceptors (Lipinski definition) is 4. The fraction of sp³-hybridized carbons (Fsp3) is 0.417. The second-order valence-corrected chi connectivity index (χ2v) is 3.57. The number of nitrogens with zero attached hydrogens (tertiary/aromatic N) is 2. The Labute approximate surface area is 95.4 Å². The first-order valence-corrected chi connectivity index (χ1v) is 4.76. The average molecular weight is 218 g/mol. The zero-order valence-electron chi connectivity index (χ0n) is 9.70. The normalized spacial score (nSPS) is 10.6. The van der Waals surface area contributed by atoms with E-state index in [1.165, 1.54) is 0 Å². The van der Waals surface area contributed by atoms with Crippen molar-refractivity contribution in [1.82, 2.24) is 0 Å². The van der Waals surface area contributed by atoms with Crippen LogP contribution in [-0.2, 0) is 9.53 Å². The predicted molar refractivity (Wildman–Crippen MR) is 58.9 cm³/mol. The quantitative estimate of drug-likeness (QED) is 0.411. The second-order valence-electron chi connectivity index (χ2n) is 3.57. The molecule has 16 heavy (non-hydrogen) atoms. The third-order valence-electron chi connectivity index (χ3n) is 2.08. The molecule has 4 nitrogen and oxygen atoms in total. The molecule has 0 aromatic carbocycles. The van der Waals surface area contributed by atoms with Crippen LogP contribution in [0.2, 0.25) is 0 Å². The lowest BCUT2D eigenvalue weighted by atomic mass is 9.98. The minimum absolute atomic E-state index is 0.0419. The third-order valence-corrected chi connectivity index (χ3v) is 2.08. The number of rotatable bonds is 4. The van der Waals surface area contributed by atoms with Gasteiger partial charge in [0, 0.05) is 0 Å². The van der Waals surface area contributed by atoms with Crippen LogP contribution in [0.1, 0.15) is 20.8 Å². The van der Waals surface area contributed by atoms with Gasteiger partial charge in [0.1, 0.15) is 24.3 Å². The Morgan fingerprint density at radius 1 is 1.38 bits per heavy atom. The Hall–Kier alpha value is -2.07. The molecule has 0 spiro atoms. The highest BCUT2D eigenvalue weighted by molar-refractivity contribution is 5.76. The summed E-state index contributed by atoms with van der Waals surface area (Å²) in [6, 6.07) is 3.49. The van der Waals surface area contributed by atoms with Gasteiger partial charge >= 0.3 is 5.97 Å². The molecule has 0 radical (unpaired) electrons. The maximum Gasteiger partial charge on any atom is 0.313 e. The molecule has 0 amide bonds. The standard InChI is InChI=1S/C12H14N2O2/c1-8(2)7-16-12(15)10(4)9(3)11(5-13)6-14/h10H,1,7H2,2-4H3. The monoisotopic (exact) mass is 218 g/mol. The van der Waals surface area contributed by atoms with Crippen LogP contribution >= 0.6 is 0 Å². The van der Waals surface area contributed by atoms with E-state index in [4.69, 9.17) is 15.3 Å². The zero-order valence-corrected chi connectivity index (χ0v) is 9.70. The van der Waals surface area contributed by atoms with Crippen molar-refractivity contribution in [1.29, 1.82) is 10.5 Å². The summed E-state index contributed by atoms with van der Waals surface area (Å²) in [6.45, 7) is 8.69. The molecule has 1 unspecified atom stereocenters. The molecule has 0 heterocycles. The Balaban J connectivity index is 4.70. The van der Waals surface area contributed by atoms with E-state index in [2.05, 4.69) is 6.58 Å². The Morgan fingerprint density at radius 3 is 2.25 bits per heavy atom. The summed E-state index contributed by atoms with van der Waals surface area (Å²) in [7, 11) is 0. The van der Waals surface area contributed by atoms with E-state index in [-0.39, 0.29) is 12.2 Å². The smallest absolute Gasteiger partial charge is 0.313 e.